The van der Waals surface area contributed by atoms with E-state index in [0.717, 1.165) is 11.3 Å². The Labute approximate surface area is 106 Å². The maximum Gasteiger partial charge on any atom is 0.316 e. The number of allylic oxidation sites excluding steroid dienone is 1. The number of esters is 1. The minimum atomic E-state index is -0.774. The Kier molecular flexibility index (Phi) is 5.11. The molecule has 0 aliphatic heterocycles. The summed E-state index contributed by atoms with van der Waals surface area (Å²) in [7, 11) is 2.85. The van der Waals surface area contributed by atoms with Crippen molar-refractivity contribution in [1.29, 1.82) is 0 Å². The second-order valence-corrected chi connectivity index (χ2v) is 3.75. The summed E-state index contributed by atoms with van der Waals surface area (Å²) in [4.78, 5) is 22.8. The number of rotatable bonds is 5. The summed E-state index contributed by atoms with van der Waals surface area (Å²) in [6, 6.07) is 7.25. The van der Waals surface area contributed by atoms with Crippen molar-refractivity contribution in [2.75, 3.05) is 14.2 Å². The van der Waals surface area contributed by atoms with E-state index in [0.29, 0.717) is 0 Å². The molecule has 0 aromatic heterocycles. The van der Waals surface area contributed by atoms with E-state index < -0.39 is 11.9 Å². The Morgan fingerprint density at radius 3 is 2.28 bits per heavy atom. The second-order valence-electron chi connectivity index (χ2n) is 3.75. The molecule has 0 saturated carbocycles. The van der Waals surface area contributed by atoms with Crippen LogP contribution < -0.4 is 4.74 Å². The Hall–Kier alpha value is -2.10. The van der Waals surface area contributed by atoms with Gasteiger partial charge in [0.05, 0.1) is 14.2 Å². The summed E-state index contributed by atoms with van der Waals surface area (Å²) in [6.07, 6.45) is 3.03. The summed E-state index contributed by atoms with van der Waals surface area (Å²) in [5.41, 5.74) is 0.862. The second kappa shape index (κ2) is 6.59. The molecule has 1 atom stereocenters. The van der Waals surface area contributed by atoms with Gasteiger partial charge in [-0.1, -0.05) is 18.2 Å². The minimum absolute atomic E-state index is 0.280. The van der Waals surface area contributed by atoms with Crippen LogP contribution in [0.2, 0.25) is 0 Å². The van der Waals surface area contributed by atoms with Gasteiger partial charge in [0.15, 0.2) is 5.78 Å². The van der Waals surface area contributed by atoms with Crippen LogP contribution in [0.4, 0.5) is 0 Å². The fourth-order valence-corrected chi connectivity index (χ4v) is 1.33. The van der Waals surface area contributed by atoms with Crippen LogP contribution in [-0.4, -0.2) is 26.0 Å². The largest absolute Gasteiger partial charge is 0.497 e. The maximum absolute atomic E-state index is 11.6. The number of carbonyl (C=O) groups excluding carboxylic acids is 2. The molecule has 0 fully saturated rings. The molecular weight excluding hydrogens is 232 g/mol. The predicted octanol–water partition coefficient (Wildman–Crippen LogP) is 2.09. The molecule has 1 unspecified atom stereocenters. The first-order chi connectivity index (χ1) is 8.58. The monoisotopic (exact) mass is 248 g/mol. The molecule has 4 heteroatoms. The van der Waals surface area contributed by atoms with Gasteiger partial charge in [-0.25, -0.2) is 0 Å². The number of ether oxygens (including phenoxy) is 2. The lowest BCUT2D eigenvalue weighted by Gasteiger charge is -2.04. The molecule has 18 heavy (non-hydrogen) atoms. The van der Waals surface area contributed by atoms with E-state index in [1.165, 1.54) is 20.1 Å². The standard InChI is InChI=1S/C14H16O4/c1-10(14(16)18-3)13(15)9-6-11-4-7-12(17-2)8-5-11/h4-10H,1-3H3/b9-6+. The van der Waals surface area contributed by atoms with E-state index in [4.69, 9.17) is 4.74 Å². The zero-order valence-corrected chi connectivity index (χ0v) is 10.7. The van der Waals surface area contributed by atoms with Gasteiger partial charge < -0.3 is 9.47 Å². The smallest absolute Gasteiger partial charge is 0.316 e. The predicted molar refractivity (Wildman–Crippen MR) is 68.2 cm³/mol. The summed E-state index contributed by atoms with van der Waals surface area (Å²) in [6.45, 7) is 1.52. The molecule has 0 spiro atoms. The number of carbonyl (C=O) groups is 2. The van der Waals surface area contributed by atoms with Crippen molar-refractivity contribution in [1.82, 2.24) is 0 Å². The van der Waals surface area contributed by atoms with Gasteiger partial charge in [0.2, 0.25) is 0 Å². The molecule has 0 aliphatic rings. The van der Waals surface area contributed by atoms with Gasteiger partial charge in [0.1, 0.15) is 11.7 Å². The highest BCUT2D eigenvalue weighted by atomic mass is 16.5. The van der Waals surface area contributed by atoms with Crippen molar-refractivity contribution >= 4 is 17.8 Å². The van der Waals surface area contributed by atoms with Crippen LogP contribution >= 0.6 is 0 Å². The number of ketones is 1. The van der Waals surface area contributed by atoms with Gasteiger partial charge in [0.25, 0.3) is 0 Å². The summed E-state index contributed by atoms with van der Waals surface area (Å²) < 4.78 is 9.53. The fourth-order valence-electron chi connectivity index (χ4n) is 1.33. The lowest BCUT2D eigenvalue weighted by Crippen LogP contribution is -2.20. The van der Waals surface area contributed by atoms with Crippen LogP contribution in [0.15, 0.2) is 30.3 Å². The highest BCUT2D eigenvalue weighted by Crippen LogP contribution is 2.12. The molecule has 0 N–H and O–H groups in total. The van der Waals surface area contributed by atoms with Gasteiger partial charge in [-0.2, -0.15) is 0 Å². The summed E-state index contributed by atoms with van der Waals surface area (Å²) in [5, 5.41) is 0. The van der Waals surface area contributed by atoms with Crippen LogP contribution in [0.25, 0.3) is 6.08 Å². The van der Waals surface area contributed by atoms with Gasteiger partial charge in [-0.15, -0.1) is 0 Å². The molecular formula is C14H16O4. The Bertz CT molecular complexity index is 445. The number of benzene rings is 1. The summed E-state index contributed by atoms with van der Waals surface area (Å²) >= 11 is 0. The van der Waals surface area contributed by atoms with E-state index in [-0.39, 0.29) is 5.78 Å². The quantitative estimate of drug-likeness (QED) is 0.455. The molecule has 0 saturated heterocycles. The fraction of sp³-hybridized carbons (Fsp3) is 0.286. The molecule has 4 nitrogen and oxygen atoms in total. The highest BCUT2D eigenvalue weighted by Gasteiger charge is 2.19. The topological polar surface area (TPSA) is 52.6 Å². The molecule has 1 aromatic rings. The molecule has 0 aliphatic carbocycles. The van der Waals surface area contributed by atoms with Crippen molar-refractivity contribution in [2.45, 2.75) is 6.92 Å². The first kappa shape index (κ1) is 14.0. The van der Waals surface area contributed by atoms with Crippen molar-refractivity contribution < 1.29 is 19.1 Å². The van der Waals surface area contributed by atoms with Crippen molar-refractivity contribution in [3.05, 3.63) is 35.9 Å². The molecule has 0 amide bonds. The third kappa shape index (κ3) is 3.73. The van der Waals surface area contributed by atoms with Crippen molar-refractivity contribution in [2.24, 2.45) is 5.92 Å². The lowest BCUT2D eigenvalue weighted by atomic mass is 10.1. The Morgan fingerprint density at radius 2 is 1.78 bits per heavy atom. The number of hydrogen-bond donors (Lipinski definition) is 0. The van der Waals surface area contributed by atoms with Crippen LogP contribution in [0.1, 0.15) is 12.5 Å². The molecule has 1 aromatic carbocycles. The normalized spacial score (nSPS) is 12.2. The van der Waals surface area contributed by atoms with Gasteiger partial charge in [-0.3, -0.25) is 9.59 Å². The average Bonchev–Trinajstić information content (AvgIpc) is 2.43. The molecule has 0 radical (unpaired) electrons. The highest BCUT2D eigenvalue weighted by molar-refractivity contribution is 6.06. The van der Waals surface area contributed by atoms with Gasteiger partial charge in [-0.05, 0) is 30.7 Å². The molecule has 1 rings (SSSR count). The van der Waals surface area contributed by atoms with Crippen LogP contribution in [0, 0.1) is 5.92 Å². The van der Waals surface area contributed by atoms with E-state index in [2.05, 4.69) is 4.74 Å². The van der Waals surface area contributed by atoms with E-state index in [9.17, 15) is 9.59 Å². The Morgan fingerprint density at radius 1 is 1.17 bits per heavy atom. The third-order valence-corrected chi connectivity index (χ3v) is 2.54. The van der Waals surface area contributed by atoms with E-state index in [1.807, 2.05) is 12.1 Å². The van der Waals surface area contributed by atoms with Gasteiger partial charge >= 0.3 is 5.97 Å². The first-order valence-corrected chi connectivity index (χ1v) is 5.52. The van der Waals surface area contributed by atoms with E-state index >= 15 is 0 Å². The Balaban J connectivity index is 2.68. The number of methoxy groups -OCH3 is 2. The van der Waals surface area contributed by atoms with Crippen molar-refractivity contribution in [3.63, 3.8) is 0 Å². The van der Waals surface area contributed by atoms with Crippen LogP contribution in [0.3, 0.4) is 0 Å². The minimum Gasteiger partial charge on any atom is -0.497 e. The lowest BCUT2D eigenvalue weighted by molar-refractivity contribution is -0.147. The van der Waals surface area contributed by atoms with Crippen LogP contribution in [0.5, 0.6) is 5.75 Å². The first-order valence-electron chi connectivity index (χ1n) is 5.52. The summed E-state index contributed by atoms with van der Waals surface area (Å²) in [5.74, 6) is -0.831. The van der Waals surface area contributed by atoms with Crippen molar-refractivity contribution in [3.8, 4) is 5.75 Å². The number of hydrogen-bond acceptors (Lipinski definition) is 4. The van der Waals surface area contributed by atoms with Gasteiger partial charge in [0, 0.05) is 0 Å². The van der Waals surface area contributed by atoms with E-state index in [1.54, 1.807) is 25.3 Å². The zero-order chi connectivity index (χ0) is 13.5. The SMILES string of the molecule is COC(=O)C(C)C(=O)/C=C/c1ccc(OC)cc1. The zero-order valence-electron chi connectivity index (χ0n) is 10.7. The van der Waals surface area contributed by atoms with Crippen LogP contribution in [-0.2, 0) is 14.3 Å². The third-order valence-electron chi connectivity index (χ3n) is 2.54. The maximum atomic E-state index is 11.6. The molecule has 0 bridgehead atoms. The average molecular weight is 248 g/mol. The molecule has 96 valence electrons. The molecule has 0 heterocycles.